The molecular weight excluding hydrogens is 276 g/mol. The lowest BCUT2D eigenvalue weighted by Gasteiger charge is -2.09. The van der Waals surface area contributed by atoms with E-state index in [4.69, 9.17) is 11.6 Å². The normalized spacial score (nSPS) is 10.9. The average molecular weight is 287 g/mol. The summed E-state index contributed by atoms with van der Waals surface area (Å²) in [7, 11) is 0. The zero-order chi connectivity index (χ0) is 14.1. The fourth-order valence-corrected chi connectivity index (χ4v) is 2.32. The molecule has 0 radical (unpaired) electrons. The van der Waals surface area contributed by atoms with Crippen molar-refractivity contribution in [1.29, 1.82) is 0 Å². The zero-order valence-corrected chi connectivity index (χ0v) is 11.5. The number of carbonyl (C=O) groups is 1. The minimum atomic E-state index is 0.290. The summed E-state index contributed by atoms with van der Waals surface area (Å²) in [5.41, 5.74) is 2.88. The molecule has 5 nitrogen and oxygen atoms in total. The summed E-state index contributed by atoms with van der Waals surface area (Å²) in [6.07, 6.45) is 2.22. The van der Waals surface area contributed by atoms with Gasteiger partial charge in [-0.05, 0) is 18.6 Å². The summed E-state index contributed by atoms with van der Waals surface area (Å²) in [4.78, 5) is 15.2. The van der Waals surface area contributed by atoms with E-state index in [-0.39, 0.29) is 0 Å². The Morgan fingerprint density at radius 2 is 2.15 bits per heavy atom. The van der Waals surface area contributed by atoms with E-state index >= 15 is 0 Å². The third-order valence-electron chi connectivity index (χ3n) is 3.13. The van der Waals surface area contributed by atoms with Gasteiger partial charge in [-0.1, -0.05) is 35.0 Å². The van der Waals surface area contributed by atoms with Crippen LogP contribution < -0.4 is 0 Å². The van der Waals surface area contributed by atoms with Crippen LogP contribution in [0.3, 0.4) is 0 Å². The van der Waals surface area contributed by atoms with Crippen molar-refractivity contribution >= 4 is 28.8 Å². The number of benzene rings is 1. The molecule has 0 aliphatic rings. The Labute approximate surface area is 120 Å². The van der Waals surface area contributed by atoms with Crippen molar-refractivity contribution in [2.45, 2.75) is 13.5 Å². The maximum absolute atomic E-state index is 10.6. The van der Waals surface area contributed by atoms with Crippen LogP contribution in [0, 0.1) is 6.92 Å². The molecule has 1 aromatic carbocycles. The van der Waals surface area contributed by atoms with Gasteiger partial charge in [-0.3, -0.25) is 4.79 Å². The van der Waals surface area contributed by atoms with E-state index in [1.54, 1.807) is 10.9 Å². The largest absolute Gasteiger partial charge is 0.296 e. The van der Waals surface area contributed by atoms with Crippen LogP contribution >= 0.6 is 11.6 Å². The molecule has 0 N–H and O–H groups in total. The molecule has 0 amide bonds. The number of fused-ring (bicyclic) bond motifs is 1. The van der Waals surface area contributed by atoms with Gasteiger partial charge in [0.15, 0.2) is 6.29 Å². The number of halogens is 1. The highest BCUT2D eigenvalue weighted by Gasteiger charge is 2.11. The molecule has 2 heterocycles. The van der Waals surface area contributed by atoms with Gasteiger partial charge in [-0.25, -0.2) is 9.67 Å². The lowest BCUT2D eigenvalue weighted by molar-refractivity contribution is 0.111. The van der Waals surface area contributed by atoms with E-state index in [2.05, 4.69) is 15.3 Å². The van der Waals surface area contributed by atoms with Crippen molar-refractivity contribution < 1.29 is 4.79 Å². The van der Waals surface area contributed by atoms with Crippen LogP contribution in [0.15, 0.2) is 30.5 Å². The number of carbonyl (C=O) groups excluding carboxylic acids is 1. The number of para-hydroxylation sites is 1. The van der Waals surface area contributed by atoms with Gasteiger partial charge in [-0.15, -0.1) is 5.10 Å². The summed E-state index contributed by atoms with van der Waals surface area (Å²) in [6.45, 7) is 2.35. The number of nitrogens with zero attached hydrogens (tertiary/aromatic N) is 4. The number of hydrogen-bond acceptors (Lipinski definition) is 4. The van der Waals surface area contributed by atoms with Crippen LogP contribution in [0.25, 0.3) is 10.9 Å². The molecule has 20 heavy (non-hydrogen) atoms. The second-order valence-electron chi connectivity index (χ2n) is 4.47. The summed E-state index contributed by atoms with van der Waals surface area (Å²) >= 11 is 6.37. The third kappa shape index (κ3) is 2.16. The lowest BCUT2D eigenvalue weighted by Crippen LogP contribution is -2.05. The van der Waals surface area contributed by atoms with Crippen LogP contribution in [-0.2, 0) is 6.54 Å². The van der Waals surface area contributed by atoms with E-state index < -0.39 is 0 Å². The Kier molecular flexibility index (Phi) is 3.20. The summed E-state index contributed by atoms with van der Waals surface area (Å²) in [5, 5.41) is 9.24. The fourth-order valence-electron chi connectivity index (χ4n) is 2.12. The van der Waals surface area contributed by atoms with Crippen LogP contribution in [-0.4, -0.2) is 26.3 Å². The standard InChI is InChI=1S/C14H11ClN4O/c1-9-11-4-2-3-5-12(11)16-13(14(9)15)7-19-6-10(8-20)17-18-19/h2-6,8H,7H2,1H3. The number of aryl methyl sites for hydroxylation is 1. The number of hydrogen-bond donors (Lipinski definition) is 0. The summed E-state index contributed by atoms with van der Waals surface area (Å²) in [5.74, 6) is 0. The van der Waals surface area contributed by atoms with Crippen molar-refractivity contribution in [3.05, 3.63) is 52.4 Å². The molecule has 0 fully saturated rings. The lowest BCUT2D eigenvalue weighted by atomic mass is 10.1. The van der Waals surface area contributed by atoms with Gasteiger partial charge in [0.05, 0.1) is 29.0 Å². The topological polar surface area (TPSA) is 60.7 Å². The van der Waals surface area contributed by atoms with E-state index in [0.717, 1.165) is 16.5 Å². The Morgan fingerprint density at radius 3 is 2.90 bits per heavy atom. The molecule has 0 unspecified atom stereocenters. The van der Waals surface area contributed by atoms with Crippen molar-refractivity contribution in [1.82, 2.24) is 20.0 Å². The zero-order valence-electron chi connectivity index (χ0n) is 10.7. The molecule has 0 bridgehead atoms. The molecule has 3 rings (SSSR count). The molecule has 2 aromatic heterocycles. The van der Waals surface area contributed by atoms with Gasteiger partial charge in [-0.2, -0.15) is 0 Å². The second kappa shape index (κ2) is 5.02. The quantitative estimate of drug-likeness (QED) is 0.695. The fraction of sp³-hybridized carbons (Fsp3) is 0.143. The minimum absolute atomic E-state index is 0.290. The van der Waals surface area contributed by atoms with E-state index in [0.29, 0.717) is 29.2 Å². The second-order valence-corrected chi connectivity index (χ2v) is 4.85. The Bertz CT molecular complexity index is 797. The Morgan fingerprint density at radius 1 is 1.35 bits per heavy atom. The van der Waals surface area contributed by atoms with Crippen molar-refractivity contribution in [2.24, 2.45) is 0 Å². The smallest absolute Gasteiger partial charge is 0.171 e. The van der Waals surface area contributed by atoms with E-state index in [9.17, 15) is 4.79 Å². The van der Waals surface area contributed by atoms with Crippen molar-refractivity contribution in [3.8, 4) is 0 Å². The maximum Gasteiger partial charge on any atom is 0.171 e. The van der Waals surface area contributed by atoms with E-state index in [1.807, 2.05) is 31.2 Å². The number of aromatic nitrogens is 4. The molecule has 0 saturated carbocycles. The number of rotatable bonds is 3. The molecule has 0 atom stereocenters. The van der Waals surface area contributed by atoms with Gasteiger partial charge in [0.25, 0.3) is 0 Å². The number of aldehydes is 1. The van der Waals surface area contributed by atoms with Crippen molar-refractivity contribution in [2.75, 3.05) is 0 Å². The van der Waals surface area contributed by atoms with Gasteiger partial charge in [0.1, 0.15) is 5.69 Å². The SMILES string of the molecule is Cc1c(Cl)c(Cn2cc(C=O)nn2)nc2ccccc12. The minimum Gasteiger partial charge on any atom is -0.296 e. The molecule has 0 spiro atoms. The first-order chi connectivity index (χ1) is 9.69. The highest BCUT2D eigenvalue weighted by Crippen LogP contribution is 2.27. The first kappa shape index (κ1) is 12.7. The van der Waals surface area contributed by atoms with Crippen molar-refractivity contribution in [3.63, 3.8) is 0 Å². The van der Waals surface area contributed by atoms with Crippen LogP contribution in [0.1, 0.15) is 21.7 Å². The third-order valence-corrected chi connectivity index (χ3v) is 3.64. The van der Waals surface area contributed by atoms with Gasteiger partial charge in [0.2, 0.25) is 0 Å². The molecule has 100 valence electrons. The highest BCUT2D eigenvalue weighted by molar-refractivity contribution is 6.32. The molecular formula is C14H11ClN4O. The molecule has 6 heteroatoms. The van der Waals surface area contributed by atoms with Crippen LogP contribution in [0.4, 0.5) is 0 Å². The van der Waals surface area contributed by atoms with Gasteiger partial charge in [0, 0.05) is 5.39 Å². The first-order valence-electron chi connectivity index (χ1n) is 6.08. The van der Waals surface area contributed by atoms with Crippen LogP contribution in [0.5, 0.6) is 0 Å². The Hall–Kier alpha value is -2.27. The van der Waals surface area contributed by atoms with E-state index in [1.165, 1.54) is 0 Å². The molecule has 0 saturated heterocycles. The summed E-state index contributed by atoms with van der Waals surface area (Å²) in [6, 6.07) is 7.83. The predicted molar refractivity (Wildman–Crippen MR) is 76.0 cm³/mol. The average Bonchev–Trinajstić information content (AvgIpc) is 2.92. The van der Waals surface area contributed by atoms with Gasteiger partial charge < -0.3 is 0 Å². The number of pyridine rings is 1. The predicted octanol–water partition coefficient (Wildman–Crippen LogP) is 2.65. The molecule has 0 aliphatic heterocycles. The Balaban J connectivity index is 2.07. The molecule has 0 aliphatic carbocycles. The van der Waals surface area contributed by atoms with Gasteiger partial charge >= 0.3 is 0 Å². The maximum atomic E-state index is 10.6. The summed E-state index contributed by atoms with van der Waals surface area (Å²) < 4.78 is 1.55. The monoisotopic (exact) mass is 286 g/mol. The molecule has 3 aromatic rings. The first-order valence-corrected chi connectivity index (χ1v) is 6.46. The van der Waals surface area contributed by atoms with Crippen LogP contribution in [0.2, 0.25) is 5.02 Å². The highest BCUT2D eigenvalue weighted by atomic mass is 35.5.